The summed E-state index contributed by atoms with van der Waals surface area (Å²) in [7, 11) is 0. The summed E-state index contributed by atoms with van der Waals surface area (Å²) in [6.07, 6.45) is 1.43. The number of carbonyl (C=O) groups is 2. The van der Waals surface area contributed by atoms with E-state index in [1.807, 2.05) is 6.92 Å². The van der Waals surface area contributed by atoms with Crippen molar-refractivity contribution in [1.29, 1.82) is 0 Å². The van der Waals surface area contributed by atoms with Crippen LogP contribution >= 0.6 is 0 Å². The van der Waals surface area contributed by atoms with Crippen LogP contribution in [-0.2, 0) is 11.3 Å². The first-order chi connectivity index (χ1) is 9.20. The summed E-state index contributed by atoms with van der Waals surface area (Å²) in [5.74, 6) is -0.806. The highest BCUT2D eigenvalue weighted by molar-refractivity contribution is 5.99. The number of anilines is 1. The van der Waals surface area contributed by atoms with Crippen LogP contribution in [0.15, 0.2) is 6.20 Å². The van der Waals surface area contributed by atoms with Gasteiger partial charge in [-0.3, -0.25) is 4.90 Å². The number of ether oxygens (including phenoxy) is 1. The summed E-state index contributed by atoms with van der Waals surface area (Å²) >= 11 is 0. The average Bonchev–Trinajstić information content (AvgIpc) is 2.69. The molecule has 1 amide bonds. The van der Waals surface area contributed by atoms with Crippen molar-refractivity contribution in [3.05, 3.63) is 11.8 Å². The molecule has 2 heterocycles. The Bertz CT molecular complexity index is 544. The second-order valence-corrected chi connectivity index (χ2v) is 5.90. The van der Waals surface area contributed by atoms with Gasteiger partial charge in [-0.15, -0.1) is 0 Å². The molecule has 1 aliphatic heterocycles. The predicted molar refractivity (Wildman–Crippen MR) is 72.0 cm³/mol. The van der Waals surface area contributed by atoms with Crippen LogP contribution in [0.5, 0.6) is 0 Å². The molecule has 0 bridgehead atoms. The smallest absolute Gasteiger partial charge is 0.416 e. The molecule has 0 aliphatic carbocycles. The molecule has 1 atom stereocenters. The number of nitrogens with zero attached hydrogens (tertiary/aromatic N) is 3. The zero-order chi connectivity index (χ0) is 15.1. The summed E-state index contributed by atoms with van der Waals surface area (Å²) in [6, 6.07) is -0.132. The highest BCUT2D eigenvalue weighted by atomic mass is 16.6. The van der Waals surface area contributed by atoms with Gasteiger partial charge in [-0.2, -0.15) is 5.10 Å². The van der Waals surface area contributed by atoms with Crippen LogP contribution in [0.2, 0.25) is 0 Å². The van der Waals surface area contributed by atoms with Gasteiger partial charge in [0, 0.05) is 12.6 Å². The lowest BCUT2D eigenvalue weighted by Gasteiger charge is -2.35. The topological polar surface area (TPSA) is 84.7 Å². The Morgan fingerprint density at radius 3 is 2.65 bits per heavy atom. The zero-order valence-electron chi connectivity index (χ0n) is 12.1. The standard InChI is InChI=1S/C13H19N3O4/c1-8-5-6-15-10(9(7-14-15)11(17)18)16(8)12(19)20-13(2,3)4/h7-8H,5-6H2,1-4H3,(H,17,18). The van der Waals surface area contributed by atoms with Crippen LogP contribution in [0.25, 0.3) is 0 Å². The predicted octanol–water partition coefficient (Wildman–Crippen LogP) is 2.12. The summed E-state index contributed by atoms with van der Waals surface area (Å²) in [4.78, 5) is 25.0. The first kappa shape index (κ1) is 14.4. The van der Waals surface area contributed by atoms with Crippen LogP contribution in [0, 0.1) is 0 Å². The molecule has 0 aromatic carbocycles. The van der Waals surface area contributed by atoms with Gasteiger partial charge in [0.15, 0.2) is 5.82 Å². The van der Waals surface area contributed by atoms with Crippen molar-refractivity contribution in [3.8, 4) is 0 Å². The third-order valence-electron chi connectivity index (χ3n) is 3.06. The largest absolute Gasteiger partial charge is 0.477 e. The maximum atomic E-state index is 12.3. The maximum Gasteiger partial charge on any atom is 0.416 e. The van der Waals surface area contributed by atoms with Crippen molar-refractivity contribution in [2.24, 2.45) is 0 Å². The minimum Gasteiger partial charge on any atom is -0.477 e. The third kappa shape index (κ3) is 2.61. The van der Waals surface area contributed by atoms with Crippen LogP contribution in [0.4, 0.5) is 10.6 Å². The van der Waals surface area contributed by atoms with Gasteiger partial charge in [0.1, 0.15) is 11.2 Å². The normalized spacial score (nSPS) is 18.6. The van der Waals surface area contributed by atoms with Crippen LogP contribution in [0.1, 0.15) is 44.5 Å². The number of carboxylic acids is 1. The number of hydrogen-bond acceptors (Lipinski definition) is 4. The highest BCUT2D eigenvalue weighted by Gasteiger charge is 2.36. The molecule has 7 heteroatoms. The molecule has 1 N–H and O–H groups in total. The van der Waals surface area contributed by atoms with E-state index in [9.17, 15) is 14.7 Å². The van der Waals surface area contributed by atoms with E-state index in [0.29, 0.717) is 18.8 Å². The molecule has 0 saturated carbocycles. The number of hydrogen-bond donors (Lipinski definition) is 1. The second kappa shape index (κ2) is 4.81. The first-order valence-electron chi connectivity index (χ1n) is 6.52. The van der Waals surface area contributed by atoms with E-state index in [-0.39, 0.29) is 11.6 Å². The van der Waals surface area contributed by atoms with Crippen molar-refractivity contribution >= 4 is 17.9 Å². The van der Waals surface area contributed by atoms with Gasteiger partial charge in [-0.05, 0) is 34.1 Å². The quantitative estimate of drug-likeness (QED) is 0.852. The molecule has 0 radical (unpaired) electrons. The number of carboxylic acid groups (broad SMARTS) is 1. The summed E-state index contributed by atoms with van der Waals surface area (Å²) in [6.45, 7) is 7.77. The number of aromatic nitrogens is 2. The van der Waals surface area contributed by atoms with E-state index in [1.165, 1.54) is 15.8 Å². The van der Waals surface area contributed by atoms with Crippen LogP contribution in [-0.4, -0.2) is 38.6 Å². The van der Waals surface area contributed by atoms with Crippen molar-refractivity contribution < 1.29 is 19.4 Å². The minimum absolute atomic E-state index is 0.0161. The van der Waals surface area contributed by atoms with Gasteiger partial charge in [0.05, 0.1) is 6.20 Å². The van der Waals surface area contributed by atoms with Crippen molar-refractivity contribution in [1.82, 2.24) is 9.78 Å². The number of aromatic carboxylic acids is 1. The van der Waals surface area contributed by atoms with E-state index < -0.39 is 17.7 Å². The highest BCUT2D eigenvalue weighted by Crippen LogP contribution is 2.30. The molecule has 110 valence electrons. The molecule has 0 saturated heterocycles. The SMILES string of the molecule is CC1CCn2ncc(C(=O)O)c2N1C(=O)OC(C)(C)C. The van der Waals surface area contributed by atoms with E-state index in [1.54, 1.807) is 20.8 Å². The van der Waals surface area contributed by atoms with Crippen molar-refractivity contribution in [2.75, 3.05) is 4.90 Å². The molecule has 1 aromatic heterocycles. The second-order valence-electron chi connectivity index (χ2n) is 5.90. The lowest BCUT2D eigenvalue weighted by molar-refractivity contribution is 0.0556. The van der Waals surface area contributed by atoms with E-state index >= 15 is 0 Å². The van der Waals surface area contributed by atoms with Gasteiger partial charge in [-0.1, -0.05) is 0 Å². The Kier molecular flexibility index (Phi) is 3.45. The van der Waals surface area contributed by atoms with E-state index in [2.05, 4.69) is 5.10 Å². The molecule has 0 spiro atoms. The molecular formula is C13H19N3O4. The molecule has 0 fully saturated rings. The van der Waals surface area contributed by atoms with Gasteiger partial charge < -0.3 is 9.84 Å². The summed E-state index contributed by atoms with van der Waals surface area (Å²) in [5, 5.41) is 13.2. The molecule has 1 unspecified atom stereocenters. The zero-order valence-corrected chi connectivity index (χ0v) is 12.1. The lowest BCUT2D eigenvalue weighted by Crippen LogP contribution is -2.46. The van der Waals surface area contributed by atoms with Crippen LogP contribution < -0.4 is 4.90 Å². The fourth-order valence-corrected chi connectivity index (χ4v) is 2.17. The Labute approximate surface area is 117 Å². The number of carbonyl (C=O) groups excluding carboxylic acids is 1. The van der Waals surface area contributed by atoms with Gasteiger partial charge >= 0.3 is 12.1 Å². The molecule has 7 nitrogen and oxygen atoms in total. The van der Waals surface area contributed by atoms with E-state index in [4.69, 9.17) is 4.74 Å². The number of fused-ring (bicyclic) bond motifs is 1. The van der Waals surface area contributed by atoms with Crippen molar-refractivity contribution in [3.63, 3.8) is 0 Å². The third-order valence-corrected chi connectivity index (χ3v) is 3.06. The molecule has 1 aliphatic rings. The van der Waals surface area contributed by atoms with Crippen molar-refractivity contribution in [2.45, 2.75) is 52.3 Å². The monoisotopic (exact) mass is 281 g/mol. The minimum atomic E-state index is -1.10. The molecule has 2 rings (SSSR count). The molecule has 1 aromatic rings. The average molecular weight is 281 g/mol. The summed E-state index contributed by atoms with van der Waals surface area (Å²) in [5.41, 5.74) is -0.620. The molecular weight excluding hydrogens is 262 g/mol. The van der Waals surface area contributed by atoms with Gasteiger partial charge in [0.25, 0.3) is 0 Å². The molecule has 20 heavy (non-hydrogen) atoms. The number of amides is 1. The fraction of sp³-hybridized carbons (Fsp3) is 0.615. The summed E-state index contributed by atoms with van der Waals surface area (Å²) < 4.78 is 6.90. The maximum absolute atomic E-state index is 12.3. The van der Waals surface area contributed by atoms with E-state index in [0.717, 1.165) is 0 Å². The Hall–Kier alpha value is -2.05. The Balaban J connectivity index is 2.41. The number of rotatable bonds is 1. The number of aryl methyl sites for hydroxylation is 1. The fourth-order valence-electron chi connectivity index (χ4n) is 2.17. The Morgan fingerprint density at radius 1 is 1.45 bits per heavy atom. The van der Waals surface area contributed by atoms with Gasteiger partial charge in [0.2, 0.25) is 0 Å². The van der Waals surface area contributed by atoms with Gasteiger partial charge in [-0.25, -0.2) is 14.3 Å². The lowest BCUT2D eigenvalue weighted by atomic mass is 10.1. The van der Waals surface area contributed by atoms with Crippen LogP contribution in [0.3, 0.4) is 0 Å². The first-order valence-corrected chi connectivity index (χ1v) is 6.52. The Morgan fingerprint density at radius 2 is 2.10 bits per heavy atom.